The van der Waals surface area contributed by atoms with E-state index in [2.05, 4.69) is 5.32 Å². The maximum absolute atomic E-state index is 12.1. The van der Waals surface area contributed by atoms with Crippen LogP contribution >= 0.6 is 23.2 Å². The van der Waals surface area contributed by atoms with E-state index < -0.39 is 0 Å². The molecule has 0 atom stereocenters. The molecule has 5 heteroatoms. The largest absolute Gasteiger partial charge is 0.335 e. The predicted octanol–water partition coefficient (Wildman–Crippen LogP) is 3.34. The molecule has 0 bridgehead atoms. The fraction of sp³-hybridized carbons (Fsp3) is 0.500. The summed E-state index contributed by atoms with van der Waals surface area (Å²) in [7, 11) is 0. The average molecular weight is 303 g/mol. The van der Waals surface area contributed by atoms with Gasteiger partial charge in [-0.25, -0.2) is 0 Å². The molecule has 0 aliphatic carbocycles. The third kappa shape index (κ3) is 5.01. The highest BCUT2D eigenvalue weighted by atomic mass is 35.5. The molecule has 106 valence electrons. The first-order valence-electron chi connectivity index (χ1n) is 6.39. The smallest absolute Gasteiger partial charge is 0.237 e. The summed E-state index contributed by atoms with van der Waals surface area (Å²) >= 11 is 11.9. The number of nitrogens with zero attached hydrogens (tertiary/aromatic N) is 1. The molecule has 0 aliphatic heterocycles. The van der Waals surface area contributed by atoms with E-state index in [1.807, 2.05) is 31.7 Å². The summed E-state index contributed by atoms with van der Waals surface area (Å²) in [5.41, 5.74) is 0.980. The van der Waals surface area contributed by atoms with Crippen molar-refractivity contribution in [1.29, 1.82) is 0 Å². The topological polar surface area (TPSA) is 32.3 Å². The fourth-order valence-corrected chi connectivity index (χ4v) is 2.05. The molecule has 1 aromatic carbocycles. The molecule has 1 amide bonds. The van der Waals surface area contributed by atoms with E-state index in [0.717, 1.165) is 12.1 Å². The molecule has 0 saturated carbocycles. The second-order valence-corrected chi connectivity index (χ2v) is 5.46. The van der Waals surface area contributed by atoms with E-state index in [-0.39, 0.29) is 11.9 Å². The summed E-state index contributed by atoms with van der Waals surface area (Å²) in [5, 5.41) is 4.10. The summed E-state index contributed by atoms with van der Waals surface area (Å²) in [4.78, 5) is 13.9. The van der Waals surface area contributed by atoms with Gasteiger partial charge in [-0.2, -0.15) is 0 Å². The summed E-state index contributed by atoms with van der Waals surface area (Å²) in [5.74, 6) is 0.0860. The lowest BCUT2D eigenvalue weighted by atomic mass is 10.2. The number of nitrogens with one attached hydrogen (secondary N) is 1. The molecule has 0 saturated heterocycles. The number of rotatable bonds is 6. The predicted molar refractivity (Wildman–Crippen MR) is 80.7 cm³/mol. The lowest BCUT2D eigenvalue weighted by molar-refractivity contribution is -0.132. The van der Waals surface area contributed by atoms with E-state index in [0.29, 0.717) is 23.1 Å². The molecule has 19 heavy (non-hydrogen) atoms. The average Bonchev–Trinajstić information content (AvgIpc) is 2.36. The minimum atomic E-state index is 0.0860. The van der Waals surface area contributed by atoms with Gasteiger partial charge < -0.3 is 10.2 Å². The van der Waals surface area contributed by atoms with Crippen LogP contribution in [0, 0.1) is 0 Å². The number of amides is 1. The molecule has 1 rings (SSSR count). The van der Waals surface area contributed by atoms with Crippen LogP contribution in [0.15, 0.2) is 18.2 Å². The second kappa shape index (κ2) is 7.73. The van der Waals surface area contributed by atoms with Gasteiger partial charge in [0.05, 0.1) is 16.6 Å². The summed E-state index contributed by atoms with van der Waals surface area (Å²) in [6, 6.07) is 5.59. The van der Waals surface area contributed by atoms with Gasteiger partial charge in [0, 0.05) is 12.6 Å². The van der Waals surface area contributed by atoms with Crippen molar-refractivity contribution in [2.75, 3.05) is 13.1 Å². The van der Waals surface area contributed by atoms with Crippen molar-refractivity contribution in [2.24, 2.45) is 0 Å². The standard InChI is InChI=1S/C14H20Cl2N2O/c1-4-17-8-14(19)18(10(2)3)9-11-5-6-12(15)13(16)7-11/h5-7,10,17H,4,8-9H2,1-3H3. The van der Waals surface area contributed by atoms with Crippen LogP contribution in [0.4, 0.5) is 0 Å². The van der Waals surface area contributed by atoms with Gasteiger partial charge in [-0.1, -0.05) is 36.2 Å². The fourth-order valence-electron chi connectivity index (χ4n) is 1.73. The normalized spacial score (nSPS) is 10.8. The Kier molecular flexibility index (Phi) is 6.63. The van der Waals surface area contributed by atoms with E-state index >= 15 is 0 Å². The molecule has 0 radical (unpaired) electrons. The van der Waals surface area contributed by atoms with Crippen LogP contribution < -0.4 is 5.32 Å². The summed E-state index contributed by atoms with van der Waals surface area (Å²) in [6.07, 6.45) is 0. The van der Waals surface area contributed by atoms with Crippen LogP contribution in [-0.2, 0) is 11.3 Å². The third-order valence-corrected chi connectivity index (χ3v) is 3.55. The Bertz CT molecular complexity index is 435. The van der Waals surface area contributed by atoms with Crippen LogP contribution in [0.1, 0.15) is 26.3 Å². The third-order valence-electron chi connectivity index (χ3n) is 2.81. The monoisotopic (exact) mass is 302 g/mol. The van der Waals surface area contributed by atoms with Crippen LogP contribution in [0.5, 0.6) is 0 Å². The first kappa shape index (κ1) is 16.3. The number of halogens is 2. The molecule has 0 unspecified atom stereocenters. The molecule has 0 aromatic heterocycles. The number of carbonyl (C=O) groups is 1. The number of likely N-dealkylation sites (N-methyl/N-ethyl adjacent to an activating group) is 1. The van der Waals surface area contributed by atoms with E-state index in [1.165, 1.54) is 0 Å². The molecule has 0 aliphatic rings. The van der Waals surface area contributed by atoms with Gasteiger partial charge in [0.1, 0.15) is 0 Å². The molecule has 1 N–H and O–H groups in total. The molecule has 1 aromatic rings. The van der Waals surface area contributed by atoms with Crippen LogP contribution in [0.2, 0.25) is 10.0 Å². The highest BCUT2D eigenvalue weighted by molar-refractivity contribution is 6.42. The molecule has 0 heterocycles. The second-order valence-electron chi connectivity index (χ2n) is 4.64. The van der Waals surface area contributed by atoms with Crippen LogP contribution in [0.3, 0.4) is 0 Å². The maximum atomic E-state index is 12.1. The van der Waals surface area contributed by atoms with E-state index in [1.54, 1.807) is 12.1 Å². The number of benzene rings is 1. The zero-order chi connectivity index (χ0) is 14.4. The van der Waals surface area contributed by atoms with Gasteiger partial charge in [-0.15, -0.1) is 0 Å². The minimum absolute atomic E-state index is 0.0860. The van der Waals surface area contributed by atoms with Gasteiger partial charge in [-0.3, -0.25) is 4.79 Å². The number of hydrogen-bond donors (Lipinski definition) is 1. The van der Waals surface area contributed by atoms with Crippen molar-refractivity contribution >= 4 is 29.1 Å². The maximum Gasteiger partial charge on any atom is 0.237 e. The van der Waals surface area contributed by atoms with E-state index in [9.17, 15) is 4.79 Å². The molecular weight excluding hydrogens is 283 g/mol. The zero-order valence-electron chi connectivity index (χ0n) is 11.5. The van der Waals surface area contributed by atoms with Crippen molar-refractivity contribution in [1.82, 2.24) is 10.2 Å². The zero-order valence-corrected chi connectivity index (χ0v) is 13.1. The SMILES string of the molecule is CCNCC(=O)N(Cc1ccc(Cl)c(Cl)c1)C(C)C. The van der Waals surface area contributed by atoms with Crippen molar-refractivity contribution in [3.05, 3.63) is 33.8 Å². The minimum Gasteiger partial charge on any atom is -0.335 e. The highest BCUT2D eigenvalue weighted by Crippen LogP contribution is 2.23. The van der Waals surface area contributed by atoms with Gasteiger partial charge in [0.15, 0.2) is 0 Å². The van der Waals surface area contributed by atoms with Gasteiger partial charge in [0.25, 0.3) is 0 Å². The molecule has 0 spiro atoms. The molecule has 0 fully saturated rings. The summed E-state index contributed by atoms with van der Waals surface area (Å²) in [6.45, 7) is 7.66. The van der Waals surface area contributed by atoms with E-state index in [4.69, 9.17) is 23.2 Å². The van der Waals surface area contributed by atoms with Crippen molar-refractivity contribution in [2.45, 2.75) is 33.4 Å². The van der Waals surface area contributed by atoms with Gasteiger partial charge in [-0.05, 0) is 38.1 Å². The Labute approximate surface area is 124 Å². The van der Waals surface area contributed by atoms with Crippen LogP contribution in [0.25, 0.3) is 0 Å². The number of hydrogen-bond acceptors (Lipinski definition) is 2. The Morgan fingerprint density at radius 1 is 1.32 bits per heavy atom. The first-order valence-corrected chi connectivity index (χ1v) is 7.15. The lowest BCUT2D eigenvalue weighted by Crippen LogP contribution is -2.41. The van der Waals surface area contributed by atoms with Crippen molar-refractivity contribution in [3.8, 4) is 0 Å². The number of carbonyl (C=O) groups excluding carboxylic acids is 1. The Hall–Kier alpha value is -0.770. The Morgan fingerprint density at radius 2 is 2.00 bits per heavy atom. The van der Waals surface area contributed by atoms with Crippen molar-refractivity contribution in [3.63, 3.8) is 0 Å². The highest BCUT2D eigenvalue weighted by Gasteiger charge is 2.17. The van der Waals surface area contributed by atoms with Gasteiger partial charge >= 0.3 is 0 Å². The summed E-state index contributed by atoms with van der Waals surface area (Å²) < 4.78 is 0. The quantitative estimate of drug-likeness (QED) is 0.874. The lowest BCUT2D eigenvalue weighted by Gasteiger charge is -2.27. The first-order chi connectivity index (χ1) is 8.95. The van der Waals surface area contributed by atoms with Gasteiger partial charge in [0.2, 0.25) is 5.91 Å². The molecular formula is C14H20Cl2N2O. The molecule has 3 nitrogen and oxygen atoms in total. The van der Waals surface area contributed by atoms with Crippen molar-refractivity contribution < 1.29 is 4.79 Å². The van der Waals surface area contributed by atoms with Crippen LogP contribution in [-0.4, -0.2) is 29.9 Å². The Morgan fingerprint density at radius 3 is 2.53 bits per heavy atom. The Balaban J connectivity index is 2.77.